The van der Waals surface area contributed by atoms with Crippen LogP contribution in [0.4, 0.5) is 5.69 Å². The van der Waals surface area contributed by atoms with Gasteiger partial charge in [-0.15, -0.1) is 4.91 Å². The number of nitrogens with zero attached hydrogens (tertiary/aromatic N) is 3. The molecule has 0 radical (unpaired) electrons. The monoisotopic (exact) mass is 233 g/mol. The van der Waals surface area contributed by atoms with Gasteiger partial charge in [-0.25, -0.2) is 4.98 Å². The Morgan fingerprint density at radius 2 is 2.29 bits per heavy atom. The molecule has 0 saturated heterocycles. The van der Waals surface area contributed by atoms with E-state index in [1.54, 1.807) is 35.9 Å². The maximum Gasteiger partial charge on any atom is 0.311 e. The van der Waals surface area contributed by atoms with E-state index in [9.17, 15) is 9.70 Å². The molecule has 88 valence electrons. The van der Waals surface area contributed by atoms with Crippen LogP contribution in [-0.2, 0) is 16.0 Å². The molecule has 0 aliphatic heterocycles. The first-order valence-electron chi connectivity index (χ1n) is 5.19. The molecule has 6 nitrogen and oxygen atoms in total. The average molecular weight is 233 g/mol. The van der Waals surface area contributed by atoms with Gasteiger partial charge in [-0.3, -0.25) is 4.79 Å². The van der Waals surface area contributed by atoms with E-state index in [1.807, 2.05) is 0 Å². The summed E-state index contributed by atoms with van der Waals surface area (Å²) in [4.78, 5) is 25.9. The van der Waals surface area contributed by atoms with Gasteiger partial charge in [0.15, 0.2) is 0 Å². The standard InChI is InChI=1S/C11H11N3O3/c1-2-17-11(15)5-9-7-14-6-8(13-16)3-4-10(14)12-9/h3-4,6-7H,2,5H2,1H3. The summed E-state index contributed by atoms with van der Waals surface area (Å²) in [6.07, 6.45) is 3.37. The number of fused-ring (bicyclic) bond motifs is 1. The van der Waals surface area contributed by atoms with E-state index >= 15 is 0 Å². The Morgan fingerprint density at radius 3 is 3.00 bits per heavy atom. The van der Waals surface area contributed by atoms with Crippen molar-refractivity contribution in [3.8, 4) is 0 Å². The van der Waals surface area contributed by atoms with Gasteiger partial charge in [0.05, 0.1) is 18.7 Å². The molecular weight excluding hydrogens is 222 g/mol. The van der Waals surface area contributed by atoms with Gasteiger partial charge in [0.2, 0.25) is 0 Å². The van der Waals surface area contributed by atoms with Gasteiger partial charge in [-0.05, 0) is 24.2 Å². The maximum atomic E-state index is 11.3. The van der Waals surface area contributed by atoms with Gasteiger partial charge in [0.1, 0.15) is 11.3 Å². The molecule has 0 bridgehead atoms. The van der Waals surface area contributed by atoms with E-state index in [0.717, 1.165) is 0 Å². The molecule has 2 aromatic rings. The second kappa shape index (κ2) is 4.73. The number of carbonyl (C=O) groups excluding carboxylic acids is 1. The Hall–Kier alpha value is -2.24. The fourth-order valence-corrected chi connectivity index (χ4v) is 1.53. The molecule has 0 N–H and O–H groups in total. The third-order valence-electron chi connectivity index (χ3n) is 2.22. The van der Waals surface area contributed by atoms with Crippen LogP contribution in [0.5, 0.6) is 0 Å². The molecule has 6 heteroatoms. The number of ether oxygens (including phenoxy) is 1. The molecule has 2 heterocycles. The Labute approximate surface area is 97.2 Å². The van der Waals surface area contributed by atoms with Crippen molar-refractivity contribution < 1.29 is 9.53 Å². The van der Waals surface area contributed by atoms with Crippen molar-refractivity contribution in [3.63, 3.8) is 0 Å². The topological polar surface area (TPSA) is 73.0 Å². The third-order valence-corrected chi connectivity index (χ3v) is 2.22. The zero-order valence-corrected chi connectivity index (χ0v) is 9.29. The van der Waals surface area contributed by atoms with Crippen LogP contribution in [0.1, 0.15) is 12.6 Å². The smallest absolute Gasteiger partial charge is 0.311 e. The van der Waals surface area contributed by atoms with Crippen LogP contribution >= 0.6 is 0 Å². The minimum Gasteiger partial charge on any atom is -0.466 e. The number of pyridine rings is 1. The maximum absolute atomic E-state index is 11.3. The average Bonchev–Trinajstić information content (AvgIpc) is 2.69. The van der Waals surface area contributed by atoms with Gasteiger partial charge in [-0.2, -0.15) is 0 Å². The van der Waals surface area contributed by atoms with Crippen LogP contribution < -0.4 is 0 Å². The van der Waals surface area contributed by atoms with Gasteiger partial charge in [0.25, 0.3) is 0 Å². The summed E-state index contributed by atoms with van der Waals surface area (Å²) in [6.45, 7) is 2.11. The molecule has 0 saturated carbocycles. The lowest BCUT2D eigenvalue weighted by molar-refractivity contribution is -0.142. The van der Waals surface area contributed by atoms with Crippen LogP contribution in [-0.4, -0.2) is 22.0 Å². The Bertz CT molecular complexity index is 562. The highest BCUT2D eigenvalue weighted by Gasteiger charge is 2.08. The highest BCUT2D eigenvalue weighted by molar-refractivity contribution is 5.72. The number of esters is 1. The predicted molar refractivity (Wildman–Crippen MR) is 61.0 cm³/mol. The third kappa shape index (κ3) is 2.47. The first-order valence-corrected chi connectivity index (χ1v) is 5.19. The Kier molecular flexibility index (Phi) is 3.13. The SMILES string of the molecule is CCOC(=O)Cc1cn2cc(N=O)ccc2n1. The largest absolute Gasteiger partial charge is 0.466 e. The second-order valence-electron chi connectivity index (χ2n) is 3.46. The number of hydrogen-bond acceptors (Lipinski definition) is 5. The summed E-state index contributed by atoms with van der Waals surface area (Å²) in [7, 11) is 0. The van der Waals surface area contributed by atoms with Crippen molar-refractivity contribution in [2.75, 3.05) is 6.61 Å². The van der Waals surface area contributed by atoms with Crippen molar-refractivity contribution in [1.82, 2.24) is 9.38 Å². The van der Waals surface area contributed by atoms with Crippen LogP contribution in [0.2, 0.25) is 0 Å². The quantitative estimate of drug-likeness (QED) is 0.596. The van der Waals surface area contributed by atoms with Gasteiger partial charge in [0, 0.05) is 12.4 Å². The summed E-state index contributed by atoms with van der Waals surface area (Å²) in [5, 5.41) is 2.83. The van der Waals surface area contributed by atoms with E-state index in [-0.39, 0.29) is 12.4 Å². The molecule has 0 aliphatic carbocycles. The normalized spacial score (nSPS) is 10.4. The van der Waals surface area contributed by atoms with E-state index in [4.69, 9.17) is 4.74 Å². The Morgan fingerprint density at radius 1 is 1.47 bits per heavy atom. The van der Waals surface area contributed by atoms with Crippen molar-refractivity contribution in [1.29, 1.82) is 0 Å². The highest BCUT2D eigenvalue weighted by atomic mass is 16.5. The summed E-state index contributed by atoms with van der Waals surface area (Å²) >= 11 is 0. The molecule has 0 spiro atoms. The minimum atomic E-state index is -0.315. The Balaban J connectivity index is 2.25. The molecule has 2 aromatic heterocycles. The van der Waals surface area contributed by atoms with E-state index < -0.39 is 0 Å². The summed E-state index contributed by atoms with van der Waals surface area (Å²) in [6, 6.07) is 3.24. The zero-order chi connectivity index (χ0) is 12.3. The highest BCUT2D eigenvalue weighted by Crippen LogP contribution is 2.14. The van der Waals surface area contributed by atoms with Crippen LogP contribution in [0.15, 0.2) is 29.7 Å². The summed E-state index contributed by atoms with van der Waals surface area (Å²) in [5.41, 5.74) is 1.58. The zero-order valence-electron chi connectivity index (χ0n) is 9.29. The van der Waals surface area contributed by atoms with Crippen molar-refractivity contribution in [2.45, 2.75) is 13.3 Å². The van der Waals surface area contributed by atoms with Crippen molar-refractivity contribution in [3.05, 3.63) is 35.1 Å². The lowest BCUT2D eigenvalue weighted by Gasteiger charge is -1.97. The number of hydrogen-bond donors (Lipinski definition) is 0. The van der Waals surface area contributed by atoms with E-state index in [1.165, 1.54) is 0 Å². The summed E-state index contributed by atoms with van der Waals surface area (Å²) < 4.78 is 6.49. The molecular formula is C11H11N3O3. The predicted octanol–water partition coefficient (Wildman–Crippen LogP) is 1.84. The van der Waals surface area contributed by atoms with Crippen LogP contribution in [0.25, 0.3) is 5.65 Å². The molecule has 0 unspecified atom stereocenters. The lowest BCUT2D eigenvalue weighted by Crippen LogP contribution is -2.07. The number of carbonyl (C=O) groups is 1. The summed E-state index contributed by atoms with van der Waals surface area (Å²) in [5.74, 6) is -0.315. The van der Waals surface area contributed by atoms with Gasteiger partial charge in [-0.1, -0.05) is 0 Å². The molecule has 0 atom stereocenters. The van der Waals surface area contributed by atoms with Gasteiger partial charge >= 0.3 is 5.97 Å². The van der Waals surface area contributed by atoms with Crippen LogP contribution in [0.3, 0.4) is 0 Å². The minimum absolute atomic E-state index is 0.124. The molecule has 0 aromatic carbocycles. The second-order valence-corrected chi connectivity index (χ2v) is 3.46. The van der Waals surface area contributed by atoms with Crippen LogP contribution in [0, 0.1) is 4.91 Å². The first-order chi connectivity index (χ1) is 8.22. The molecule has 2 rings (SSSR count). The van der Waals surface area contributed by atoms with E-state index in [2.05, 4.69) is 10.2 Å². The number of nitroso groups, excluding NO2 is 1. The lowest BCUT2D eigenvalue weighted by atomic mass is 10.3. The fraction of sp³-hybridized carbons (Fsp3) is 0.273. The molecule has 17 heavy (non-hydrogen) atoms. The number of imidazole rings is 1. The van der Waals surface area contributed by atoms with Gasteiger partial charge < -0.3 is 9.14 Å². The van der Waals surface area contributed by atoms with Crippen molar-refractivity contribution >= 4 is 17.3 Å². The number of rotatable bonds is 4. The van der Waals surface area contributed by atoms with Crippen molar-refractivity contribution in [2.24, 2.45) is 5.18 Å². The molecule has 0 amide bonds. The fourth-order valence-electron chi connectivity index (χ4n) is 1.53. The van der Waals surface area contributed by atoms with E-state index in [0.29, 0.717) is 23.6 Å². The molecule has 0 aliphatic rings. The first kappa shape index (κ1) is 11.3. The molecule has 0 fully saturated rings. The number of aromatic nitrogens is 2.